The lowest BCUT2D eigenvalue weighted by atomic mass is 9.96. The average molecular weight is 260 g/mol. The molecule has 2 N–H and O–H groups in total. The summed E-state index contributed by atoms with van der Waals surface area (Å²) in [4.78, 5) is 40.9. The molecule has 1 aromatic carbocycles. The van der Waals surface area contributed by atoms with Crippen LogP contribution in [0.4, 0.5) is 5.69 Å². The highest BCUT2D eigenvalue weighted by atomic mass is 16.3. The van der Waals surface area contributed by atoms with Gasteiger partial charge in [0.1, 0.15) is 5.69 Å². The van der Waals surface area contributed by atoms with Crippen molar-refractivity contribution in [2.24, 2.45) is 5.18 Å². The summed E-state index contributed by atoms with van der Waals surface area (Å²) in [5, 5.41) is 3.03. The molecule has 0 saturated heterocycles. The summed E-state index contributed by atoms with van der Waals surface area (Å²) in [5.41, 5.74) is 1.64. The Morgan fingerprint density at radius 3 is 2.68 bits per heavy atom. The average Bonchev–Trinajstić information content (AvgIpc) is 2.39. The van der Waals surface area contributed by atoms with Crippen LogP contribution in [0.25, 0.3) is 11.0 Å². The van der Waals surface area contributed by atoms with Crippen molar-refractivity contribution in [1.29, 1.82) is 0 Å². The van der Waals surface area contributed by atoms with Crippen LogP contribution >= 0.6 is 0 Å². The lowest BCUT2D eigenvalue weighted by Crippen LogP contribution is -2.31. The first-order valence-electron chi connectivity index (χ1n) is 5.93. The summed E-state index contributed by atoms with van der Waals surface area (Å²) in [7, 11) is 1.96. The van der Waals surface area contributed by atoms with Crippen LogP contribution in [0.3, 0.4) is 0 Å². The Balaban J connectivity index is 2.44. The smallest absolute Gasteiger partial charge is 0.314 e. The molecule has 7 heteroatoms. The van der Waals surface area contributed by atoms with E-state index in [-0.39, 0.29) is 0 Å². The van der Waals surface area contributed by atoms with E-state index >= 15 is 0 Å². The summed E-state index contributed by atoms with van der Waals surface area (Å²) in [5.74, 6) is 0. The minimum Gasteiger partial charge on any atom is -0.316 e. The molecule has 0 unspecified atom stereocenters. The number of aromatic nitrogens is 2. The second-order valence-electron chi connectivity index (χ2n) is 4.76. The number of nitrogens with one attached hydrogen (secondary N) is 2. The largest absolute Gasteiger partial charge is 0.316 e. The number of likely N-dealkylation sites (N-methyl/N-ethyl adjacent to an activating group) is 1. The van der Waals surface area contributed by atoms with Crippen LogP contribution < -0.4 is 11.1 Å². The molecule has 0 spiro atoms. The number of aromatic amines is 2. The zero-order chi connectivity index (χ0) is 13.6. The molecular formula is C12H12N4O3. The van der Waals surface area contributed by atoms with Gasteiger partial charge in [-0.3, -0.25) is 9.59 Å². The molecule has 0 saturated carbocycles. The minimum atomic E-state index is -0.728. The van der Waals surface area contributed by atoms with Gasteiger partial charge in [0.15, 0.2) is 0 Å². The first kappa shape index (κ1) is 11.8. The Kier molecular flexibility index (Phi) is 2.56. The number of nitroso groups, excluding NO2 is 1. The van der Waals surface area contributed by atoms with E-state index in [0.29, 0.717) is 29.7 Å². The van der Waals surface area contributed by atoms with Crippen molar-refractivity contribution in [2.45, 2.75) is 13.0 Å². The van der Waals surface area contributed by atoms with Gasteiger partial charge in [-0.15, -0.1) is 4.91 Å². The number of hydrogen-bond donors (Lipinski definition) is 2. The van der Waals surface area contributed by atoms with Gasteiger partial charge in [0.25, 0.3) is 0 Å². The van der Waals surface area contributed by atoms with Crippen molar-refractivity contribution in [3.8, 4) is 0 Å². The molecule has 19 heavy (non-hydrogen) atoms. The minimum absolute atomic E-state index is 0.332. The Labute approximate surface area is 107 Å². The molecule has 2 heterocycles. The molecule has 1 aromatic heterocycles. The molecule has 0 fully saturated rings. The maximum absolute atomic E-state index is 11.5. The fraction of sp³-hybridized carbons (Fsp3) is 0.333. The third kappa shape index (κ3) is 1.78. The van der Waals surface area contributed by atoms with Crippen molar-refractivity contribution >= 4 is 16.7 Å². The molecule has 1 aliphatic heterocycles. The SMILES string of the molecule is CN1CCc2c(N=O)cc3[nH]c(=O)c(=O)[nH]c3c2C1. The van der Waals surface area contributed by atoms with Gasteiger partial charge in [0.2, 0.25) is 0 Å². The monoisotopic (exact) mass is 260 g/mol. The summed E-state index contributed by atoms with van der Waals surface area (Å²) in [6, 6.07) is 1.52. The fourth-order valence-electron chi connectivity index (χ4n) is 2.54. The summed E-state index contributed by atoms with van der Waals surface area (Å²) in [6.07, 6.45) is 0.698. The van der Waals surface area contributed by atoms with Gasteiger partial charge in [-0.25, -0.2) is 0 Å². The lowest BCUT2D eigenvalue weighted by Gasteiger charge is -2.26. The third-order valence-corrected chi connectivity index (χ3v) is 3.49. The summed E-state index contributed by atoms with van der Waals surface area (Å²) >= 11 is 0. The predicted molar refractivity (Wildman–Crippen MR) is 70.7 cm³/mol. The van der Waals surface area contributed by atoms with Crippen LogP contribution in [-0.4, -0.2) is 28.5 Å². The Morgan fingerprint density at radius 2 is 1.95 bits per heavy atom. The van der Waals surface area contributed by atoms with E-state index < -0.39 is 11.1 Å². The quantitative estimate of drug-likeness (QED) is 0.579. The number of nitrogens with zero attached hydrogens (tertiary/aromatic N) is 2. The van der Waals surface area contributed by atoms with Crippen molar-refractivity contribution < 1.29 is 0 Å². The summed E-state index contributed by atoms with van der Waals surface area (Å²) < 4.78 is 0. The first-order valence-corrected chi connectivity index (χ1v) is 5.93. The number of benzene rings is 1. The van der Waals surface area contributed by atoms with Gasteiger partial charge < -0.3 is 14.9 Å². The molecule has 0 atom stereocenters. The second kappa shape index (κ2) is 4.13. The van der Waals surface area contributed by atoms with Gasteiger partial charge >= 0.3 is 11.1 Å². The van der Waals surface area contributed by atoms with Gasteiger partial charge in [0.05, 0.1) is 11.0 Å². The highest BCUT2D eigenvalue weighted by Crippen LogP contribution is 2.32. The van der Waals surface area contributed by atoms with E-state index in [1.807, 2.05) is 7.05 Å². The Bertz CT molecular complexity index is 790. The number of fused-ring (bicyclic) bond motifs is 3. The summed E-state index contributed by atoms with van der Waals surface area (Å²) in [6.45, 7) is 1.44. The van der Waals surface area contributed by atoms with Crippen LogP contribution in [-0.2, 0) is 13.0 Å². The van der Waals surface area contributed by atoms with Crippen LogP contribution in [0.1, 0.15) is 11.1 Å². The van der Waals surface area contributed by atoms with Crippen molar-refractivity contribution in [3.63, 3.8) is 0 Å². The van der Waals surface area contributed by atoms with Gasteiger partial charge in [-0.05, 0) is 35.8 Å². The highest BCUT2D eigenvalue weighted by Gasteiger charge is 2.21. The van der Waals surface area contributed by atoms with E-state index in [0.717, 1.165) is 17.7 Å². The van der Waals surface area contributed by atoms with Crippen molar-refractivity contribution in [3.05, 3.63) is 42.8 Å². The molecule has 1 aliphatic rings. The predicted octanol–water partition coefficient (Wildman–Crippen LogP) is 0.602. The van der Waals surface area contributed by atoms with E-state index in [2.05, 4.69) is 20.0 Å². The topological polar surface area (TPSA) is 98.4 Å². The van der Waals surface area contributed by atoms with Crippen LogP contribution in [0.5, 0.6) is 0 Å². The zero-order valence-corrected chi connectivity index (χ0v) is 10.3. The number of H-pyrrole nitrogens is 2. The molecule has 3 rings (SSSR count). The lowest BCUT2D eigenvalue weighted by molar-refractivity contribution is 0.314. The first-order chi connectivity index (χ1) is 9.10. The third-order valence-electron chi connectivity index (χ3n) is 3.49. The molecular weight excluding hydrogens is 248 g/mol. The van der Waals surface area contributed by atoms with Crippen LogP contribution in [0, 0.1) is 4.91 Å². The van der Waals surface area contributed by atoms with Crippen molar-refractivity contribution in [1.82, 2.24) is 14.9 Å². The molecule has 0 bridgehead atoms. The van der Waals surface area contributed by atoms with E-state index in [1.165, 1.54) is 6.07 Å². The number of rotatable bonds is 1. The number of hydrogen-bond acceptors (Lipinski definition) is 5. The van der Waals surface area contributed by atoms with E-state index in [9.17, 15) is 14.5 Å². The normalized spacial score (nSPS) is 15.4. The van der Waals surface area contributed by atoms with Crippen molar-refractivity contribution in [2.75, 3.05) is 13.6 Å². The van der Waals surface area contributed by atoms with E-state index in [1.54, 1.807) is 0 Å². The molecule has 0 amide bonds. The van der Waals surface area contributed by atoms with Gasteiger partial charge in [-0.1, -0.05) is 0 Å². The van der Waals surface area contributed by atoms with Gasteiger partial charge in [0, 0.05) is 13.1 Å². The second-order valence-corrected chi connectivity index (χ2v) is 4.76. The van der Waals surface area contributed by atoms with Crippen LogP contribution in [0.2, 0.25) is 0 Å². The molecule has 0 aliphatic carbocycles. The Hall–Kier alpha value is -2.28. The fourth-order valence-corrected chi connectivity index (χ4v) is 2.54. The van der Waals surface area contributed by atoms with E-state index in [4.69, 9.17) is 0 Å². The standard InChI is InChI=1S/C12H12N4O3/c1-16-3-2-6-7(5-16)10-9(4-8(6)15-19)13-11(17)12(18)14-10/h4H,2-3,5H2,1H3,(H,13,17)(H,14,18). The maximum atomic E-state index is 11.5. The highest BCUT2D eigenvalue weighted by molar-refractivity contribution is 5.84. The molecule has 0 radical (unpaired) electrons. The molecule has 7 nitrogen and oxygen atoms in total. The van der Waals surface area contributed by atoms with Crippen LogP contribution in [0.15, 0.2) is 20.8 Å². The molecule has 2 aromatic rings. The maximum Gasteiger partial charge on any atom is 0.314 e. The zero-order valence-electron chi connectivity index (χ0n) is 10.3. The van der Waals surface area contributed by atoms with Gasteiger partial charge in [-0.2, -0.15) is 0 Å². The Morgan fingerprint density at radius 1 is 1.21 bits per heavy atom. The molecule has 98 valence electrons.